The van der Waals surface area contributed by atoms with Crippen LogP contribution in [0.3, 0.4) is 0 Å². The topological polar surface area (TPSA) is 59.3 Å². The van der Waals surface area contributed by atoms with E-state index in [9.17, 15) is 4.79 Å². The van der Waals surface area contributed by atoms with Gasteiger partial charge in [0.2, 0.25) is 5.95 Å². The molecular weight excluding hydrogens is 336 g/mol. The third kappa shape index (κ3) is 3.28. The number of rotatable bonds is 3. The summed E-state index contributed by atoms with van der Waals surface area (Å²) < 4.78 is 1.62. The Labute approximate surface area is 158 Å². The molecule has 0 saturated carbocycles. The molecular formula is C22H22N4O. The van der Waals surface area contributed by atoms with Gasteiger partial charge in [0.1, 0.15) is 0 Å². The van der Waals surface area contributed by atoms with E-state index in [0.717, 1.165) is 35.4 Å². The molecule has 1 aliphatic rings. The molecule has 0 bridgehead atoms. The van der Waals surface area contributed by atoms with E-state index < -0.39 is 0 Å². The molecule has 2 aromatic carbocycles. The molecule has 1 aliphatic carbocycles. The Morgan fingerprint density at radius 1 is 1.07 bits per heavy atom. The summed E-state index contributed by atoms with van der Waals surface area (Å²) in [5.74, 6) is 0.427. The fourth-order valence-corrected chi connectivity index (χ4v) is 3.45. The molecule has 3 aromatic rings. The zero-order valence-corrected chi connectivity index (χ0v) is 15.8. The fraction of sp³-hybridized carbons (Fsp3) is 0.227. The molecule has 1 aromatic heterocycles. The van der Waals surface area contributed by atoms with Gasteiger partial charge in [0.25, 0.3) is 5.56 Å². The lowest BCUT2D eigenvalue weighted by molar-refractivity contribution is 0.943. The summed E-state index contributed by atoms with van der Waals surface area (Å²) in [6.07, 6.45) is 4.00. The van der Waals surface area contributed by atoms with Gasteiger partial charge in [0.05, 0.1) is 22.3 Å². The normalized spacial score (nSPS) is 15.4. The summed E-state index contributed by atoms with van der Waals surface area (Å²) in [7, 11) is 0. The second-order valence-electron chi connectivity index (χ2n) is 7.09. The Balaban J connectivity index is 1.92. The van der Waals surface area contributed by atoms with Gasteiger partial charge in [-0.2, -0.15) is 5.10 Å². The summed E-state index contributed by atoms with van der Waals surface area (Å²) in [4.78, 5) is 17.9. The Bertz CT molecular complexity index is 1150. The van der Waals surface area contributed by atoms with Gasteiger partial charge < -0.3 is 0 Å². The lowest BCUT2D eigenvalue weighted by Gasteiger charge is -2.15. The highest BCUT2D eigenvalue weighted by molar-refractivity contribution is 5.98. The van der Waals surface area contributed by atoms with Crippen LogP contribution in [0.5, 0.6) is 0 Å². The molecule has 0 unspecified atom stereocenters. The summed E-state index contributed by atoms with van der Waals surface area (Å²) in [6.45, 7) is 6.14. The van der Waals surface area contributed by atoms with E-state index in [1.165, 1.54) is 5.57 Å². The second-order valence-corrected chi connectivity index (χ2v) is 7.09. The highest BCUT2D eigenvalue weighted by Gasteiger charge is 2.15. The van der Waals surface area contributed by atoms with Crippen molar-refractivity contribution in [3.63, 3.8) is 0 Å². The van der Waals surface area contributed by atoms with Crippen molar-refractivity contribution in [1.29, 1.82) is 0 Å². The Morgan fingerprint density at radius 3 is 2.63 bits per heavy atom. The SMILES string of the molecule is CC1=C/C(=N/Nc2nc3ccccc3c(=O)n2-c2ccc(C)cc2C)CC1. The van der Waals surface area contributed by atoms with Crippen molar-refractivity contribution in [3.8, 4) is 5.69 Å². The molecule has 0 saturated heterocycles. The van der Waals surface area contributed by atoms with Crippen molar-refractivity contribution in [2.45, 2.75) is 33.6 Å². The lowest BCUT2D eigenvalue weighted by Crippen LogP contribution is -2.23. The van der Waals surface area contributed by atoms with E-state index in [1.807, 2.05) is 50.2 Å². The van der Waals surface area contributed by atoms with Crippen LogP contribution in [-0.4, -0.2) is 15.3 Å². The number of aromatic nitrogens is 2. The zero-order valence-electron chi connectivity index (χ0n) is 15.8. The molecule has 0 radical (unpaired) electrons. The summed E-state index contributed by atoms with van der Waals surface area (Å²) in [5, 5.41) is 5.08. The molecule has 1 N–H and O–H groups in total. The van der Waals surface area contributed by atoms with Gasteiger partial charge in [0, 0.05) is 0 Å². The van der Waals surface area contributed by atoms with Gasteiger partial charge in [-0.05, 0) is 63.5 Å². The van der Waals surface area contributed by atoms with Crippen LogP contribution in [0.2, 0.25) is 0 Å². The molecule has 5 nitrogen and oxygen atoms in total. The van der Waals surface area contributed by atoms with E-state index in [4.69, 9.17) is 0 Å². The van der Waals surface area contributed by atoms with Crippen LogP contribution >= 0.6 is 0 Å². The van der Waals surface area contributed by atoms with E-state index in [1.54, 1.807) is 4.57 Å². The Hall–Kier alpha value is -3.21. The van der Waals surface area contributed by atoms with Crippen LogP contribution in [0.1, 0.15) is 30.9 Å². The van der Waals surface area contributed by atoms with Gasteiger partial charge in [0.15, 0.2) is 0 Å². The van der Waals surface area contributed by atoms with Crippen LogP contribution < -0.4 is 11.0 Å². The predicted octanol–water partition coefficient (Wildman–Crippen LogP) is 4.51. The molecule has 0 amide bonds. The molecule has 136 valence electrons. The minimum atomic E-state index is -0.103. The third-order valence-electron chi connectivity index (χ3n) is 4.86. The average molecular weight is 358 g/mol. The minimum Gasteiger partial charge on any atom is -0.268 e. The number of nitrogens with one attached hydrogen (secondary N) is 1. The van der Waals surface area contributed by atoms with E-state index in [2.05, 4.69) is 34.6 Å². The zero-order chi connectivity index (χ0) is 19.0. The minimum absolute atomic E-state index is 0.103. The first-order valence-electron chi connectivity index (χ1n) is 9.12. The van der Waals surface area contributed by atoms with Crippen molar-refractivity contribution in [1.82, 2.24) is 9.55 Å². The van der Waals surface area contributed by atoms with Crippen molar-refractivity contribution in [2.24, 2.45) is 5.10 Å². The van der Waals surface area contributed by atoms with Crippen molar-refractivity contribution in [2.75, 3.05) is 5.43 Å². The maximum Gasteiger partial charge on any atom is 0.267 e. The molecule has 0 fully saturated rings. The number of benzene rings is 2. The molecule has 0 atom stereocenters. The lowest BCUT2D eigenvalue weighted by atomic mass is 10.1. The smallest absolute Gasteiger partial charge is 0.267 e. The molecule has 5 heteroatoms. The first kappa shape index (κ1) is 17.2. The van der Waals surface area contributed by atoms with Crippen LogP contribution in [-0.2, 0) is 0 Å². The number of para-hydroxylation sites is 1. The third-order valence-corrected chi connectivity index (χ3v) is 4.86. The van der Waals surface area contributed by atoms with Gasteiger partial charge >= 0.3 is 0 Å². The number of nitrogens with zero attached hydrogens (tertiary/aromatic N) is 3. The molecule has 1 heterocycles. The van der Waals surface area contributed by atoms with Crippen molar-refractivity contribution < 1.29 is 0 Å². The van der Waals surface area contributed by atoms with Crippen LogP contribution in [0.4, 0.5) is 5.95 Å². The first-order chi connectivity index (χ1) is 13.0. The molecule has 0 aliphatic heterocycles. The molecule has 4 rings (SSSR count). The summed E-state index contributed by atoms with van der Waals surface area (Å²) >= 11 is 0. The van der Waals surface area contributed by atoms with Gasteiger partial charge in [-0.1, -0.05) is 35.4 Å². The second kappa shape index (κ2) is 6.83. The summed E-state index contributed by atoms with van der Waals surface area (Å²) in [6, 6.07) is 13.4. The quantitative estimate of drug-likeness (QED) is 0.701. The van der Waals surface area contributed by atoms with E-state index in [-0.39, 0.29) is 5.56 Å². The number of fused-ring (bicyclic) bond motifs is 1. The Kier molecular flexibility index (Phi) is 4.36. The monoisotopic (exact) mass is 358 g/mol. The predicted molar refractivity (Wildman–Crippen MR) is 111 cm³/mol. The van der Waals surface area contributed by atoms with Crippen LogP contribution in [0.15, 0.2) is 64.0 Å². The first-order valence-corrected chi connectivity index (χ1v) is 9.12. The highest BCUT2D eigenvalue weighted by atomic mass is 16.1. The van der Waals surface area contributed by atoms with Crippen LogP contribution in [0, 0.1) is 13.8 Å². The summed E-state index contributed by atoms with van der Waals surface area (Å²) in [5.41, 5.74) is 8.86. The van der Waals surface area contributed by atoms with Crippen molar-refractivity contribution >= 4 is 22.6 Å². The number of anilines is 1. The van der Waals surface area contributed by atoms with Gasteiger partial charge in [-0.15, -0.1) is 0 Å². The van der Waals surface area contributed by atoms with Crippen LogP contribution in [0.25, 0.3) is 16.6 Å². The largest absolute Gasteiger partial charge is 0.268 e. The molecule has 0 spiro atoms. The number of hydrazone groups is 1. The van der Waals surface area contributed by atoms with Gasteiger partial charge in [-0.25, -0.2) is 15.0 Å². The maximum atomic E-state index is 13.3. The maximum absolute atomic E-state index is 13.3. The van der Waals surface area contributed by atoms with E-state index in [0.29, 0.717) is 16.9 Å². The fourth-order valence-electron chi connectivity index (χ4n) is 3.45. The molecule has 27 heavy (non-hydrogen) atoms. The highest BCUT2D eigenvalue weighted by Crippen LogP contribution is 2.21. The number of hydrogen-bond donors (Lipinski definition) is 1. The number of hydrogen-bond acceptors (Lipinski definition) is 4. The number of aryl methyl sites for hydroxylation is 2. The van der Waals surface area contributed by atoms with E-state index >= 15 is 0 Å². The number of allylic oxidation sites excluding steroid dienone is 2. The Morgan fingerprint density at radius 2 is 1.89 bits per heavy atom. The van der Waals surface area contributed by atoms with Crippen molar-refractivity contribution in [3.05, 3.63) is 75.6 Å². The standard InChI is InChI=1S/C22H22N4O/c1-14-9-11-20(16(3)12-14)26-21(27)18-6-4-5-7-19(18)23-22(26)25-24-17-10-8-15(2)13-17/h4-7,9,11-13H,8,10H2,1-3H3,(H,23,25)/b24-17+. The van der Waals surface area contributed by atoms with Gasteiger partial charge in [-0.3, -0.25) is 4.79 Å². The average Bonchev–Trinajstić information content (AvgIpc) is 3.06.